The number of piperazine rings is 1. The standard InChI is InChI=1S/C26H32N2O4/c1-2-24(25(29)30)28-15-13-27(14-16-28)17-21-18-31-26(32-21)22-9-5-3-7-19(22)11-12-20-8-4-6-10-23(20)26/h3-10,21,24H,2,11-18H2,1H3,(H,29,30). The van der Waals surface area contributed by atoms with Crippen molar-refractivity contribution in [2.75, 3.05) is 39.3 Å². The molecule has 2 fully saturated rings. The van der Waals surface area contributed by atoms with Crippen LogP contribution in [0.15, 0.2) is 48.5 Å². The van der Waals surface area contributed by atoms with Crippen LogP contribution in [0, 0.1) is 0 Å². The fraction of sp³-hybridized carbons (Fsp3) is 0.500. The average molecular weight is 437 g/mol. The van der Waals surface area contributed by atoms with E-state index in [0.29, 0.717) is 13.0 Å². The molecule has 0 aromatic heterocycles. The molecule has 2 saturated heterocycles. The van der Waals surface area contributed by atoms with Gasteiger partial charge in [0.15, 0.2) is 0 Å². The third kappa shape index (κ3) is 3.86. The number of carboxylic acid groups (broad SMARTS) is 1. The lowest BCUT2D eigenvalue weighted by atomic mass is 9.93. The van der Waals surface area contributed by atoms with Crippen LogP contribution in [0.5, 0.6) is 0 Å². The molecule has 1 N–H and O–H groups in total. The Kier molecular flexibility index (Phi) is 6.03. The normalized spacial score (nSPS) is 24.0. The maximum Gasteiger partial charge on any atom is 0.320 e. The predicted molar refractivity (Wildman–Crippen MR) is 122 cm³/mol. The molecule has 0 amide bonds. The smallest absolute Gasteiger partial charge is 0.320 e. The molecule has 2 heterocycles. The van der Waals surface area contributed by atoms with E-state index in [1.54, 1.807) is 0 Å². The Bertz CT molecular complexity index is 922. The summed E-state index contributed by atoms with van der Waals surface area (Å²) in [4.78, 5) is 16.0. The van der Waals surface area contributed by atoms with Gasteiger partial charge in [0.05, 0.1) is 12.7 Å². The molecule has 0 bridgehead atoms. The summed E-state index contributed by atoms with van der Waals surface area (Å²) in [6, 6.07) is 16.6. The number of carboxylic acids is 1. The van der Waals surface area contributed by atoms with Crippen LogP contribution in [0.4, 0.5) is 0 Å². The van der Waals surface area contributed by atoms with Crippen molar-refractivity contribution in [3.05, 3.63) is 70.8 Å². The van der Waals surface area contributed by atoms with E-state index < -0.39 is 11.8 Å². The van der Waals surface area contributed by atoms with Crippen LogP contribution < -0.4 is 0 Å². The van der Waals surface area contributed by atoms with Crippen LogP contribution in [-0.2, 0) is 32.9 Å². The van der Waals surface area contributed by atoms with Crippen molar-refractivity contribution in [2.24, 2.45) is 0 Å². The van der Waals surface area contributed by atoms with Gasteiger partial charge in [-0.2, -0.15) is 0 Å². The highest BCUT2D eigenvalue weighted by atomic mass is 16.7. The molecule has 0 radical (unpaired) electrons. The van der Waals surface area contributed by atoms with Gasteiger partial charge in [0.25, 0.3) is 0 Å². The number of aryl methyl sites for hydroxylation is 2. The molecule has 1 spiro atoms. The largest absolute Gasteiger partial charge is 0.480 e. The summed E-state index contributed by atoms with van der Waals surface area (Å²) in [6.45, 7) is 6.54. The van der Waals surface area contributed by atoms with E-state index in [1.807, 2.05) is 6.92 Å². The topological polar surface area (TPSA) is 62.2 Å². The van der Waals surface area contributed by atoms with Gasteiger partial charge in [-0.25, -0.2) is 0 Å². The highest BCUT2D eigenvalue weighted by Crippen LogP contribution is 2.45. The lowest BCUT2D eigenvalue weighted by molar-refractivity contribution is -0.147. The Hall–Kier alpha value is -2.25. The molecule has 6 nitrogen and oxygen atoms in total. The molecule has 2 aliphatic heterocycles. The van der Waals surface area contributed by atoms with Gasteiger partial charge in [-0.1, -0.05) is 55.5 Å². The second-order valence-electron chi connectivity index (χ2n) is 9.08. The quantitative estimate of drug-likeness (QED) is 0.778. The molecule has 1 aliphatic carbocycles. The van der Waals surface area contributed by atoms with Gasteiger partial charge in [0, 0.05) is 43.9 Å². The number of benzene rings is 2. The molecule has 2 atom stereocenters. The summed E-state index contributed by atoms with van der Waals surface area (Å²) in [5.74, 6) is -1.56. The Morgan fingerprint density at radius 1 is 1.03 bits per heavy atom. The number of fused-ring (bicyclic) bond motifs is 4. The first-order valence-corrected chi connectivity index (χ1v) is 11.8. The number of aliphatic carboxylic acids is 1. The van der Waals surface area contributed by atoms with Crippen LogP contribution in [0.2, 0.25) is 0 Å². The van der Waals surface area contributed by atoms with E-state index in [-0.39, 0.29) is 12.1 Å². The Morgan fingerprint density at radius 2 is 1.62 bits per heavy atom. The molecule has 2 aromatic rings. The minimum Gasteiger partial charge on any atom is -0.480 e. The van der Waals surface area contributed by atoms with Crippen LogP contribution in [-0.4, -0.2) is 72.4 Å². The molecule has 6 heteroatoms. The van der Waals surface area contributed by atoms with Gasteiger partial charge < -0.3 is 14.6 Å². The monoisotopic (exact) mass is 436 g/mol. The predicted octanol–water partition coefficient (Wildman–Crippen LogP) is 2.88. The first-order chi connectivity index (χ1) is 15.6. The minimum absolute atomic E-state index is 0.0257. The summed E-state index contributed by atoms with van der Waals surface area (Å²) >= 11 is 0. The van der Waals surface area contributed by atoms with Gasteiger partial charge in [0.1, 0.15) is 6.04 Å². The molecular formula is C26H32N2O4. The maximum absolute atomic E-state index is 11.5. The van der Waals surface area contributed by atoms with Crippen molar-refractivity contribution in [1.82, 2.24) is 9.80 Å². The van der Waals surface area contributed by atoms with Crippen molar-refractivity contribution in [3.63, 3.8) is 0 Å². The van der Waals surface area contributed by atoms with Crippen molar-refractivity contribution in [2.45, 2.75) is 44.1 Å². The van der Waals surface area contributed by atoms with Gasteiger partial charge in [-0.3, -0.25) is 14.6 Å². The Balaban J connectivity index is 1.32. The third-order valence-corrected chi connectivity index (χ3v) is 7.19. The number of nitrogens with zero attached hydrogens (tertiary/aromatic N) is 2. The van der Waals surface area contributed by atoms with Crippen molar-refractivity contribution in [1.29, 1.82) is 0 Å². The summed E-state index contributed by atoms with van der Waals surface area (Å²) in [5.41, 5.74) is 4.84. The SMILES string of the molecule is CCC(C(=O)O)N1CCN(CC2COC3(O2)c2ccccc2CCc2ccccc23)CC1. The molecule has 5 rings (SSSR count). The molecule has 170 valence electrons. The maximum atomic E-state index is 11.5. The number of ether oxygens (including phenoxy) is 2. The summed E-state index contributed by atoms with van der Waals surface area (Å²) in [6.07, 6.45) is 2.57. The Labute approximate surface area is 189 Å². The lowest BCUT2D eigenvalue weighted by Crippen LogP contribution is -2.53. The van der Waals surface area contributed by atoms with E-state index >= 15 is 0 Å². The zero-order valence-electron chi connectivity index (χ0n) is 18.7. The first kappa shape index (κ1) is 21.6. The molecule has 0 saturated carbocycles. The molecule has 2 unspecified atom stereocenters. The van der Waals surface area contributed by atoms with E-state index in [9.17, 15) is 9.90 Å². The van der Waals surface area contributed by atoms with Crippen LogP contribution in [0.1, 0.15) is 35.6 Å². The van der Waals surface area contributed by atoms with E-state index in [0.717, 1.165) is 56.7 Å². The first-order valence-electron chi connectivity index (χ1n) is 11.8. The van der Waals surface area contributed by atoms with Crippen molar-refractivity contribution in [3.8, 4) is 0 Å². The van der Waals surface area contributed by atoms with E-state index in [1.165, 1.54) is 11.1 Å². The summed E-state index contributed by atoms with van der Waals surface area (Å²) in [5, 5.41) is 9.45. The molecule has 2 aromatic carbocycles. The van der Waals surface area contributed by atoms with E-state index in [2.05, 4.69) is 58.3 Å². The van der Waals surface area contributed by atoms with Gasteiger partial charge in [-0.15, -0.1) is 0 Å². The highest BCUT2D eigenvalue weighted by Gasteiger charge is 2.48. The van der Waals surface area contributed by atoms with Crippen LogP contribution >= 0.6 is 0 Å². The van der Waals surface area contributed by atoms with Gasteiger partial charge in [0.2, 0.25) is 5.79 Å². The van der Waals surface area contributed by atoms with Crippen LogP contribution in [0.3, 0.4) is 0 Å². The molecular weight excluding hydrogens is 404 g/mol. The summed E-state index contributed by atoms with van der Waals surface area (Å²) < 4.78 is 13.3. The van der Waals surface area contributed by atoms with Gasteiger partial charge in [-0.05, 0) is 30.4 Å². The number of carbonyl (C=O) groups is 1. The number of rotatable bonds is 5. The fourth-order valence-corrected chi connectivity index (χ4v) is 5.55. The van der Waals surface area contributed by atoms with E-state index in [4.69, 9.17) is 9.47 Å². The highest BCUT2D eigenvalue weighted by molar-refractivity contribution is 5.73. The second-order valence-corrected chi connectivity index (χ2v) is 9.08. The summed E-state index contributed by atoms with van der Waals surface area (Å²) in [7, 11) is 0. The second kappa shape index (κ2) is 8.94. The lowest BCUT2D eigenvalue weighted by Gasteiger charge is -2.38. The average Bonchev–Trinajstić information content (AvgIpc) is 3.18. The molecule has 32 heavy (non-hydrogen) atoms. The zero-order valence-corrected chi connectivity index (χ0v) is 18.7. The van der Waals surface area contributed by atoms with Crippen molar-refractivity contribution >= 4 is 5.97 Å². The number of hydrogen-bond donors (Lipinski definition) is 1. The fourth-order valence-electron chi connectivity index (χ4n) is 5.55. The number of hydrogen-bond acceptors (Lipinski definition) is 5. The zero-order chi connectivity index (χ0) is 22.1. The Morgan fingerprint density at radius 3 is 2.19 bits per heavy atom. The molecule has 3 aliphatic rings. The third-order valence-electron chi connectivity index (χ3n) is 7.19. The van der Waals surface area contributed by atoms with Gasteiger partial charge >= 0.3 is 5.97 Å². The minimum atomic E-state index is -0.840. The van der Waals surface area contributed by atoms with Crippen LogP contribution in [0.25, 0.3) is 0 Å². The van der Waals surface area contributed by atoms with Crippen molar-refractivity contribution < 1.29 is 19.4 Å².